The Morgan fingerprint density at radius 2 is 1.82 bits per heavy atom. The Morgan fingerprint density at radius 3 is 2.62 bits per heavy atom. The van der Waals surface area contributed by atoms with Crippen molar-refractivity contribution in [2.24, 2.45) is 0 Å². The second kappa shape index (κ2) is 11.8. The Morgan fingerprint density at radius 1 is 0.974 bits per heavy atom. The average molecular weight is 567 g/mol. The Bertz CT molecular complexity index is 1650. The molecule has 0 unspecified atom stereocenters. The van der Waals surface area contributed by atoms with E-state index in [2.05, 4.69) is 63.0 Å². The van der Waals surface area contributed by atoms with Crippen LogP contribution in [0.5, 0.6) is 0 Å². The number of pyridine rings is 1. The first kappa shape index (κ1) is 25.9. The minimum absolute atomic E-state index is 0.494. The number of thiophene rings is 1. The molecule has 1 aliphatic heterocycles. The van der Waals surface area contributed by atoms with Crippen LogP contribution < -0.4 is 5.32 Å². The molecule has 1 aliphatic rings. The highest BCUT2D eigenvalue weighted by atomic mass is 35.5. The van der Waals surface area contributed by atoms with Crippen LogP contribution in [0.1, 0.15) is 29.7 Å². The summed E-state index contributed by atoms with van der Waals surface area (Å²) < 4.78 is 0. The van der Waals surface area contributed by atoms with E-state index in [-0.39, 0.29) is 0 Å². The molecule has 1 fully saturated rings. The van der Waals surface area contributed by atoms with Crippen LogP contribution in [-0.4, -0.2) is 23.0 Å². The first-order valence-corrected chi connectivity index (χ1v) is 15.2. The molecular formula is C32H27ClN4S2. The lowest BCUT2D eigenvalue weighted by atomic mass is 10.0. The molecule has 0 radical (unpaired) electrons. The molecule has 3 aromatic carbocycles. The molecule has 7 heteroatoms. The van der Waals surface area contributed by atoms with Crippen molar-refractivity contribution in [1.82, 2.24) is 9.88 Å². The number of piperidine rings is 1. The number of anilines is 2. The van der Waals surface area contributed by atoms with Crippen LogP contribution in [0, 0.1) is 11.3 Å². The average Bonchev–Trinajstić information content (AvgIpc) is 3.44. The number of nitrogens with one attached hydrogen (secondary N) is 1. The zero-order valence-corrected chi connectivity index (χ0v) is 23.8. The molecule has 1 saturated heterocycles. The minimum Gasteiger partial charge on any atom is -0.354 e. The Kier molecular flexibility index (Phi) is 7.85. The second-order valence-corrected chi connectivity index (χ2v) is 12.2. The van der Waals surface area contributed by atoms with Gasteiger partial charge in [0.2, 0.25) is 0 Å². The van der Waals surface area contributed by atoms with E-state index >= 15 is 0 Å². The smallest absolute Gasteiger partial charge is 0.103 e. The first-order chi connectivity index (χ1) is 19.2. The van der Waals surface area contributed by atoms with E-state index in [9.17, 15) is 5.26 Å². The van der Waals surface area contributed by atoms with Crippen LogP contribution in [0.4, 0.5) is 11.4 Å². The first-order valence-electron chi connectivity index (χ1n) is 13.1. The molecule has 0 atom stereocenters. The number of aromatic nitrogens is 1. The summed E-state index contributed by atoms with van der Waals surface area (Å²) in [6.07, 6.45) is 5.61. The highest BCUT2D eigenvalue weighted by Crippen LogP contribution is 2.37. The van der Waals surface area contributed by atoms with Gasteiger partial charge in [0.15, 0.2) is 0 Å². The monoisotopic (exact) mass is 566 g/mol. The summed E-state index contributed by atoms with van der Waals surface area (Å²) in [6, 6.07) is 27.0. The summed E-state index contributed by atoms with van der Waals surface area (Å²) >= 11 is 10.1. The van der Waals surface area contributed by atoms with Crippen LogP contribution in [0.2, 0.25) is 5.02 Å². The summed E-state index contributed by atoms with van der Waals surface area (Å²) in [7, 11) is 0. The van der Waals surface area contributed by atoms with E-state index in [1.54, 1.807) is 18.0 Å². The maximum atomic E-state index is 9.83. The number of halogens is 1. The molecule has 1 N–H and O–H groups in total. The number of hydrogen-bond acceptors (Lipinski definition) is 6. The molecule has 4 nitrogen and oxygen atoms in total. The van der Waals surface area contributed by atoms with E-state index in [0.29, 0.717) is 10.6 Å². The fourth-order valence-electron chi connectivity index (χ4n) is 4.97. The zero-order chi connectivity index (χ0) is 26.6. The van der Waals surface area contributed by atoms with Crippen LogP contribution in [0.15, 0.2) is 94.2 Å². The van der Waals surface area contributed by atoms with Crippen LogP contribution in [-0.2, 0) is 6.54 Å². The molecule has 0 spiro atoms. The van der Waals surface area contributed by atoms with E-state index < -0.39 is 0 Å². The third kappa shape index (κ3) is 5.98. The van der Waals surface area contributed by atoms with Crippen molar-refractivity contribution >= 4 is 57.0 Å². The van der Waals surface area contributed by atoms with Crippen molar-refractivity contribution in [2.45, 2.75) is 35.6 Å². The zero-order valence-electron chi connectivity index (χ0n) is 21.4. The van der Waals surface area contributed by atoms with Crippen molar-refractivity contribution < 1.29 is 0 Å². The fourth-order valence-corrected chi connectivity index (χ4v) is 7.04. The quantitative estimate of drug-likeness (QED) is 0.213. The maximum absolute atomic E-state index is 9.83. The van der Waals surface area contributed by atoms with Gasteiger partial charge in [0.1, 0.15) is 6.07 Å². The van der Waals surface area contributed by atoms with Crippen molar-refractivity contribution in [3.05, 3.63) is 99.8 Å². The molecule has 5 aromatic rings. The lowest BCUT2D eigenvalue weighted by Crippen LogP contribution is -2.28. The van der Waals surface area contributed by atoms with E-state index in [0.717, 1.165) is 44.2 Å². The third-order valence-corrected chi connectivity index (χ3v) is 9.41. The Labute approximate surface area is 242 Å². The van der Waals surface area contributed by atoms with Gasteiger partial charge >= 0.3 is 0 Å². The van der Waals surface area contributed by atoms with Gasteiger partial charge in [-0.15, -0.1) is 11.3 Å². The van der Waals surface area contributed by atoms with Gasteiger partial charge < -0.3 is 5.32 Å². The number of fused-ring (bicyclic) bond motifs is 1. The number of likely N-dealkylation sites (tertiary alicyclic amines) is 1. The Balaban J connectivity index is 1.25. The highest BCUT2D eigenvalue weighted by Gasteiger charge is 2.14. The van der Waals surface area contributed by atoms with Gasteiger partial charge in [-0.05, 0) is 84.9 Å². The molecule has 39 heavy (non-hydrogen) atoms. The molecule has 0 amide bonds. The fraction of sp³-hybridized carbons (Fsp3) is 0.188. The van der Waals surface area contributed by atoms with Crippen molar-refractivity contribution in [3.8, 4) is 17.2 Å². The predicted molar refractivity (Wildman–Crippen MR) is 164 cm³/mol. The maximum Gasteiger partial charge on any atom is 0.103 e. The highest BCUT2D eigenvalue weighted by molar-refractivity contribution is 7.99. The van der Waals surface area contributed by atoms with Crippen molar-refractivity contribution in [3.63, 3.8) is 0 Å². The lowest BCUT2D eigenvalue weighted by molar-refractivity contribution is 0.222. The summed E-state index contributed by atoms with van der Waals surface area (Å²) in [6.45, 7) is 3.43. The number of rotatable bonds is 7. The summed E-state index contributed by atoms with van der Waals surface area (Å²) in [5.41, 5.74) is 5.26. The van der Waals surface area contributed by atoms with Gasteiger partial charge in [0.05, 0.1) is 21.8 Å². The normalized spacial score (nSPS) is 13.8. The molecule has 0 bridgehead atoms. The number of nitrogens with zero attached hydrogens (tertiary/aromatic N) is 3. The lowest BCUT2D eigenvalue weighted by Gasteiger charge is -2.25. The molecule has 3 heterocycles. The van der Waals surface area contributed by atoms with Gasteiger partial charge in [-0.1, -0.05) is 60.1 Å². The van der Waals surface area contributed by atoms with E-state index in [1.807, 2.05) is 47.7 Å². The summed E-state index contributed by atoms with van der Waals surface area (Å²) in [5, 5.41) is 17.1. The van der Waals surface area contributed by atoms with Gasteiger partial charge in [0.25, 0.3) is 0 Å². The van der Waals surface area contributed by atoms with Crippen LogP contribution in [0.25, 0.3) is 22.0 Å². The van der Waals surface area contributed by atoms with Crippen molar-refractivity contribution in [2.75, 3.05) is 18.4 Å². The largest absolute Gasteiger partial charge is 0.354 e. The standard InChI is InChI=1S/C32H27ClN4S2/c33-29-17-25(10-12-31(29)39-26-7-3-1-4-8-26)36-32-24(18-34)19-35-30-16-22(9-11-28(30)32)23-15-27(38-21-23)20-37-13-5-2-6-14-37/h1,3-4,7-12,15-17,19,21H,2,5-6,13-14,20H2,(H,35,36). The third-order valence-electron chi connectivity index (χ3n) is 6.98. The van der Waals surface area contributed by atoms with Gasteiger partial charge in [-0.25, -0.2) is 0 Å². The minimum atomic E-state index is 0.494. The molecule has 2 aromatic heterocycles. The summed E-state index contributed by atoms with van der Waals surface area (Å²) in [4.78, 5) is 10.7. The summed E-state index contributed by atoms with van der Waals surface area (Å²) in [5.74, 6) is 0. The molecule has 0 saturated carbocycles. The van der Waals surface area contributed by atoms with E-state index in [1.165, 1.54) is 42.8 Å². The molecular weight excluding hydrogens is 540 g/mol. The topological polar surface area (TPSA) is 52.0 Å². The van der Waals surface area contributed by atoms with Crippen molar-refractivity contribution in [1.29, 1.82) is 5.26 Å². The van der Waals surface area contributed by atoms with Gasteiger partial charge in [-0.3, -0.25) is 9.88 Å². The number of nitriles is 1. The number of hydrogen-bond donors (Lipinski definition) is 1. The predicted octanol–water partition coefficient (Wildman–Crippen LogP) is 9.37. The molecule has 194 valence electrons. The second-order valence-electron chi connectivity index (χ2n) is 9.71. The molecule has 0 aliphatic carbocycles. The Hall–Kier alpha value is -3.34. The van der Waals surface area contributed by atoms with Crippen LogP contribution in [0.3, 0.4) is 0 Å². The van der Waals surface area contributed by atoms with Gasteiger partial charge in [-0.2, -0.15) is 5.26 Å². The van der Waals surface area contributed by atoms with E-state index in [4.69, 9.17) is 11.6 Å². The number of benzene rings is 3. The van der Waals surface area contributed by atoms with Crippen LogP contribution >= 0.6 is 34.7 Å². The molecule has 6 rings (SSSR count). The SMILES string of the molecule is N#Cc1cnc2cc(-c3csc(CN4CCCCC4)c3)ccc2c1Nc1ccc(Sc2ccccc2)c(Cl)c1. The van der Waals surface area contributed by atoms with Gasteiger partial charge in [0, 0.05) is 38.5 Å².